The van der Waals surface area contributed by atoms with Gasteiger partial charge in [0.15, 0.2) is 11.5 Å². The van der Waals surface area contributed by atoms with Crippen LogP contribution in [0.15, 0.2) is 70.5 Å². The number of aromatic amines is 2. The lowest BCUT2D eigenvalue weighted by atomic mass is 9.91. The number of carbonyl (C=O) groups is 1. The van der Waals surface area contributed by atoms with Crippen molar-refractivity contribution in [1.82, 2.24) is 19.9 Å². The van der Waals surface area contributed by atoms with Crippen LogP contribution in [0.5, 0.6) is 11.5 Å². The second-order valence-electron chi connectivity index (χ2n) is 9.56. The maximum absolute atomic E-state index is 13.9. The number of carbonyl (C=O) groups excluding carboxylic acids is 1. The van der Waals surface area contributed by atoms with Gasteiger partial charge >= 0.3 is 0 Å². The maximum Gasteiger partial charge on any atom is 0.276 e. The molecule has 1 amide bonds. The second kappa shape index (κ2) is 10.6. The Bertz CT molecular complexity index is 1770. The molecule has 0 radical (unpaired) electrons. The summed E-state index contributed by atoms with van der Waals surface area (Å²) in [4.78, 5) is 33.8. The van der Waals surface area contributed by atoms with Crippen molar-refractivity contribution >= 4 is 18.1 Å². The van der Waals surface area contributed by atoms with E-state index in [1.807, 2.05) is 56.3 Å². The van der Waals surface area contributed by atoms with Crippen LogP contribution in [0.4, 0.5) is 0 Å². The molecule has 1 atom stereocenters. The molecule has 1 aliphatic heterocycles. The van der Waals surface area contributed by atoms with Gasteiger partial charge in [0.25, 0.3) is 5.56 Å². The molecule has 8 heteroatoms. The molecular weight excluding hydrogens is 492 g/mol. The van der Waals surface area contributed by atoms with Gasteiger partial charge in [-0.05, 0) is 80.0 Å². The number of fused-ring (bicyclic) bond motifs is 1. The maximum atomic E-state index is 13.9. The quantitative estimate of drug-likeness (QED) is 0.346. The summed E-state index contributed by atoms with van der Waals surface area (Å²) in [5.74, 6) is 0.864. The van der Waals surface area contributed by atoms with Crippen molar-refractivity contribution in [3.8, 4) is 22.8 Å². The minimum atomic E-state index is -0.659. The van der Waals surface area contributed by atoms with Gasteiger partial charge in [0.1, 0.15) is 10.8 Å². The van der Waals surface area contributed by atoms with E-state index in [1.54, 1.807) is 30.9 Å². The number of allylic oxidation sites excluding steroid dienone is 1. The van der Waals surface area contributed by atoms with Gasteiger partial charge < -0.3 is 24.8 Å². The van der Waals surface area contributed by atoms with E-state index >= 15 is 0 Å². The van der Waals surface area contributed by atoms with Crippen LogP contribution < -0.4 is 31.2 Å². The first kappa shape index (κ1) is 25.9. The van der Waals surface area contributed by atoms with Crippen LogP contribution in [0.25, 0.3) is 23.4 Å². The SMILES string of the molecule is CCNC(=O)C1=C(C)C=c2[nH]/c(=C\c3ccc(-c4cccc(C)c4)[nH]3)c(=O)n2C1c1ccc(OC)c(OC)c1. The first-order chi connectivity index (χ1) is 18.8. The molecule has 3 heterocycles. The number of amides is 1. The first-order valence-electron chi connectivity index (χ1n) is 12.9. The minimum Gasteiger partial charge on any atom is -0.493 e. The van der Waals surface area contributed by atoms with E-state index in [-0.39, 0.29) is 11.5 Å². The molecule has 39 heavy (non-hydrogen) atoms. The van der Waals surface area contributed by atoms with Crippen molar-refractivity contribution in [2.24, 2.45) is 0 Å². The van der Waals surface area contributed by atoms with Crippen LogP contribution in [0, 0.1) is 6.92 Å². The van der Waals surface area contributed by atoms with E-state index in [9.17, 15) is 9.59 Å². The molecule has 200 valence electrons. The van der Waals surface area contributed by atoms with E-state index < -0.39 is 6.04 Å². The Hall–Kier alpha value is -4.72. The van der Waals surface area contributed by atoms with Gasteiger partial charge in [0.2, 0.25) is 5.91 Å². The van der Waals surface area contributed by atoms with Crippen LogP contribution in [0.1, 0.15) is 36.7 Å². The van der Waals surface area contributed by atoms with E-state index in [0.717, 1.165) is 28.1 Å². The summed E-state index contributed by atoms with van der Waals surface area (Å²) in [5, 5.41) is 3.32. The van der Waals surface area contributed by atoms with Gasteiger partial charge in [0, 0.05) is 23.5 Å². The lowest BCUT2D eigenvalue weighted by Crippen LogP contribution is -2.41. The zero-order chi connectivity index (χ0) is 27.7. The van der Waals surface area contributed by atoms with Gasteiger partial charge in [-0.15, -0.1) is 0 Å². The predicted molar refractivity (Wildman–Crippen MR) is 152 cm³/mol. The van der Waals surface area contributed by atoms with Crippen molar-refractivity contribution in [3.05, 3.63) is 104 Å². The van der Waals surface area contributed by atoms with E-state index in [2.05, 4.69) is 34.3 Å². The van der Waals surface area contributed by atoms with Gasteiger partial charge in [-0.25, -0.2) is 0 Å². The van der Waals surface area contributed by atoms with Gasteiger partial charge in [-0.2, -0.15) is 0 Å². The summed E-state index contributed by atoms with van der Waals surface area (Å²) in [7, 11) is 3.13. The summed E-state index contributed by atoms with van der Waals surface area (Å²) in [5.41, 5.74) is 6.39. The van der Waals surface area contributed by atoms with Crippen LogP contribution in [0.3, 0.4) is 0 Å². The summed E-state index contributed by atoms with van der Waals surface area (Å²) in [6, 6.07) is 17.0. The number of methoxy groups -OCH3 is 2. The first-order valence-corrected chi connectivity index (χ1v) is 12.9. The van der Waals surface area contributed by atoms with Gasteiger partial charge in [0.05, 0.1) is 20.3 Å². The fourth-order valence-corrected chi connectivity index (χ4v) is 5.11. The zero-order valence-corrected chi connectivity index (χ0v) is 22.7. The normalized spacial score (nSPS) is 15.1. The number of nitrogens with zero attached hydrogens (tertiary/aromatic N) is 1. The Morgan fingerprint density at radius 1 is 1.03 bits per heavy atom. The number of hydrogen-bond donors (Lipinski definition) is 3. The molecule has 2 aromatic heterocycles. The lowest BCUT2D eigenvalue weighted by Gasteiger charge is -2.26. The van der Waals surface area contributed by atoms with Crippen molar-refractivity contribution in [1.29, 1.82) is 0 Å². The number of H-pyrrole nitrogens is 2. The van der Waals surface area contributed by atoms with Crippen molar-refractivity contribution in [2.75, 3.05) is 20.8 Å². The third kappa shape index (κ3) is 4.81. The Morgan fingerprint density at radius 2 is 1.82 bits per heavy atom. The molecule has 2 aromatic carbocycles. The molecule has 0 fully saturated rings. The highest BCUT2D eigenvalue weighted by atomic mass is 16.5. The molecule has 0 saturated carbocycles. The third-order valence-electron chi connectivity index (χ3n) is 6.92. The highest BCUT2D eigenvalue weighted by molar-refractivity contribution is 5.97. The van der Waals surface area contributed by atoms with Crippen LogP contribution in [0.2, 0.25) is 0 Å². The zero-order valence-electron chi connectivity index (χ0n) is 22.7. The lowest BCUT2D eigenvalue weighted by molar-refractivity contribution is -0.117. The van der Waals surface area contributed by atoms with Crippen molar-refractivity contribution < 1.29 is 14.3 Å². The number of aryl methyl sites for hydroxylation is 1. The Morgan fingerprint density at radius 3 is 2.54 bits per heavy atom. The van der Waals surface area contributed by atoms with E-state index in [1.165, 1.54) is 5.56 Å². The van der Waals surface area contributed by atoms with E-state index in [0.29, 0.717) is 34.4 Å². The number of benzene rings is 2. The molecule has 0 bridgehead atoms. The molecule has 0 aliphatic carbocycles. The van der Waals surface area contributed by atoms with Gasteiger partial charge in [-0.1, -0.05) is 29.8 Å². The number of rotatable bonds is 7. The number of nitrogens with one attached hydrogen (secondary N) is 3. The third-order valence-corrected chi connectivity index (χ3v) is 6.92. The number of hydrogen-bond acceptors (Lipinski definition) is 4. The summed E-state index contributed by atoms with van der Waals surface area (Å²) in [6.07, 6.45) is 3.64. The summed E-state index contributed by atoms with van der Waals surface area (Å²) < 4.78 is 12.6. The average molecular weight is 525 g/mol. The second-order valence-corrected chi connectivity index (χ2v) is 9.56. The highest BCUT2D eigenvalue weighted by Gasteiger charge is 2.31. The van der Waals surface area contributed by atoms with Crippen LogP contribution >= 0.6 is 0 Å². The number of aromatic nitrogens is 3. The summed E-state index contributed by atoms with van der Waals surface area (Å²) in [6.45, 7) is 6.28. The Labute approximate surface area is 226 Å². The molecule has 4 aromatic rings. The number of ether oxygens (including phenoxy) is 2. The number of imidazole rings is 1. The number of likely N-dealkylation sites (N-methyl/N-ethyl adjacent to an activating group) is 1. The standard InChI is InChI=1S/C31H32N4O4/c1-6-32-30(36)28-19(3)15-27-34-24(17-22-11-12-23(33-22)20-9-7-8-18(2)14-20)31(37)35(27)29(28)21-10-13-25(38-4)26(16-21)39-5/h7-17,29,33-34H,6H2,1-5H3,(H,32,36)/b24-17-. The fraction of sp³-hybridized carbons (Fsp3) is 0.226. The van der Waals surface area contributed by atoms with Gasteiger partial charge in [-0.3, -0.25) is 14.2 Å². The molecule has 3 N–H and O–H groups in total. The van der Waals surface area contributed by atoms with Crippen LogP contribution in [-0.4, -0.2) is 41.2 Å². The fourth-order valence-electron chi connectivity index (χ4n) is 5.11. The molecule has 1 aliphatic rings. The minimum absolute atomic E-state index is 0.220. The van der Waals surface area contributed by atoms with Crippen molar-refractivity contribution in [3.63, 3.8) is 0 Å². The molecule has 1 unspecified atom stereocenters. The largest absolute Gasteiger partial charge is 0.493 e. The molecule has 0 saturated heterocycles. The highest BCUT2D eigenvalue weighted by Crippen LogP contribution is 2.35. The van der Waals surface area contributed by atoms with Crippen molar-refractivity contribution in [2.45, 2.75) is 26.8 Å². The summed E-state index contributed by atoms with van der Waals surface area (Å²) >= 11 is 0. The Balaban J connectivity index is 1.66. The predicted octanol–water partition coefficient (Wildman–Crippen LogP) is 3.16. The average Bonchev–Trinajstić information content (AvgIpc) is 3.52. The molecular formula is C31H32N4O4. The molecule has 0 spiro atoms. The molecule has 8 nitrogen and oxygen atoms in total. The topological polar surface area (TPSA) is 101 Å². The van der Waals surface area contributed by atoms with E-state index in [4.69, 9.17) is 9.47 Å². The Kier molecular flexibility index (Phi) is 7.02. The van der Waals surface area contributed by atoms with Crippen LogP contribution in [-0.2, 0) is 4.79 Å². The monoisotopic (exact) mass is 524 g/mol. The molecule has 5 rings (SSSR count). The smallest absolute Gasteiger partial charge is 0.276 e.